The molecule has 10 heteroatoms. The molecule has 1 aliphatic heterocycles. The topological polar surface area (TPSA) is 78.3 Å². The van der Waals surface area contributed by atoms with Gasteiger partial charge in [-0.25, -0.2) is 4.98 Å². The molecule has 1 amide bonds. The van der Waals surface area contributed by atoms with Crippen LogP contribution in [0.2, 0.25) is 0 Å². The van der Waals surface area contributed by atoms with E-state index in [-0.39, 0.29) is 11.7 Å². The van der Waals surface area contributed by atoms with Crippen molar-refractivity contribution in [1.29, 1.82) is 0 Å². The lowest BCUT2D eigenvalue weighted by Gasteiger charge is -2.11. The molecule has 29 heavy (non-hydrogen) atoms. The Labute approximate surface area is 163 Å². The fraction of sp³-hybridized carbons (Fsp3) is 0.316. The predicted octanol–water partition coefficient (Wildman–Crippen LogP) is 3.67. The lowest BCUT2D eigenvalue weighted by molar-refractivity contribution is -0.141. The molecule has 1 aromatic carbocycles. The molecule has 0 spiro atoms. The second-order valence-electron chi connectivity index (χ2n) is 6.60. The number of benzene rings is 1. The third-order valence-corrected chi connectivity index (χ3v) is 4.64. The lowest BCUT2D eigenvalue weighted by Crippen LogP contribution is -2.17. The Bertz CT molecular complexity index is 1060. The molecule has 0 bridgehead atoms. The van der Waals surface area contributed by atoms with Crippen molar-refractivity contribution in [2.75, 3.05) is 25.6 Å². The quantitative estimate of drug-likeness (QED) is 0.715. The number of anilines is 1. The zero-order chi connectivity index (χ0) is 20.6. The second kappa shape index (κ2) is 7.36. The summed E-state index contributed by atoms with van der Waals surface area (Å²) in [5.74, 6) is -0.434. The maximum absolute atomic E-state index is 12.8. The van der Waals surface area contributed by atoms with Crippen LogP contribution in [0.15, 0.2) is 36.5 Å². The highest BCUT2D eigenvalue weighted by Crippen LogP contribution is 2.32. The van der Waals surface area contributed by atoms with Crippen molar-refractivity contribution in [3.63, 3.8) is 0 Å². The van der Waals surface area contributed by atoms with Crippen molar-refractivity contribution >= 4 is 22.5 Å². The lowest BCUT2D eigenvalue weighted by atomic mass is 10.2. The minimum atomic E-state index is -4.63. The normalized spacial score (nSPS) is 16.9. The van der Waals surface area contributed by atoms with Gasteiger partial charge in [-0.2, -0.15) is 18.3 Å². The molecular weight excluding hydrogens is 389 g/mol. The average Bonchev–Trinajstić information content (AvgIpc) is 3.36. The summed E-state index contributed by atoms with van der Waals surface area (Å²) in [4.78, 5) is 15.9. The van der Waals surface area contributed by atoms with E-state index in [4.69, 9.17) is 9.47 Å². The van der Waals surface area contributed by atoms with Gasteiger partial charge in [-0.15, -0.1) is 0 Å². The van der Waals surface area contributed by atoms with Crippen molar-refractivity contribution in [2.24, 2.45) is 0 Å². The van der Waals surface area contributed by atoms with E-state index in [1.807, 2.05) is 10.9 Å². The van der Waals surface area contributed by atoms with E-state index in [1.165, 1.54) is 13.2 Å². The molecule has 1 atom stereocenters. The zero-order valence-corrected chi connectivity index (χ0v) is 15.4. The summed E-state index contributed by atoms with van der Waals surface area (Å²) in [5, 5.41) is 7.85. The fourth-order valence-corrected chi connectivity index (χ4v) is 3.16. The van der Waals surface area contributed by atoms with Crippen LogP contribution in [0, 0.1) is 0 Å². The molecule has 1 N–H and O–H groups in total. The van der Waals surface area contributed by atoms with Gasteiger partial charge in [0.25, 0.3) is 5.91 Å². The highest BCUT2D eigenvalue weighted by Gasteiger charge is 2.33. The molecule has 1 aliphatic rings. The summed E-state index contributed by atoms with van der Waals surface area (Å²) < 4.78 is 51.1. The number of halogens is 3. The molecule has 1 saturated heterocycles. The molecule has 0 radical (unpaired) electrons. The van der Waals surface area contributed by atoms with E-state index >= 15 is 0 Å². The standard InChI is InChI=1S/C19H17F3N4O3/c1-28-16-8-14-11(9-26(25-14)12-5-6-29-10-12)7-15(16)24-18(27)13-3-2-4-17(23-13)19(20,21)22/h2-4,7-9,12H,5-6,10H2,1H3,(H,24,27). The summed E-state index contributed by atoms with van der Waals surface area (Å²) in [6, 6.07) is 6.63. The van der Waals surface area contributed by atoms with Crippen LogP contribution in [0.3, 0.4) is 0 Å². The number of amides is 1. The average molecular weight is 406 g/mol. The van der Waals surface area contributed by atoms with E-state index in [1.54, 1.807) is 12.1 Å². The first-order valence-electron chi connectivity index (χ1n) is 8.85. The van der Waals surface area contributed by atoms with Gasteiger partial charge in [-0.3, -0.25) is 9.48 Å². The van der Waals surface area contributed by atoms with Crippen LogP contribution in [-0.4, -0.2) is 41.0 Å². The van der Waals surface area contributed by atoms with Gasteiger partial charge < -0.3 is 14.8 Å². The van der Waals surface area contributed by atoms with Gasteiger partial charge in [-0.1, -0.05) is 6.07 Å². The number of hydrogen-bond donors (Lipinski definition) is 1. The maximum atomic E-state index is 12.8. The van der Waals surface area contributed by atoms with Crippen LogP contribution >= 0.6 is 0 Å². The number of aromatic nitrogens is 3. The number of carbonyl (C=O) groups is 1. The molecule has 3 aromatic rings. The molecule has 1 unspecified atom stereocenters. The number of carbonyl (C=O) groups excluding carboxylic acids is 1. The van der Waals surface area contributed by atoms with Crippen LogP contribution in [0.1, 0.15) is 28.6 Å². The third kappa shape index (κ3) is 3.88. The summed E-state index contributed by atoms with van der Waals surface area (Å²) >= 11 is 0. The van der Waals surface area contributed by atoms with Crippen molar-refractivity contribution < 1.29 is 27.4 Å². The third-order valence-electron chi connectivity index (χ3n) is 4.64. The number of nitrogens with one attached hydrogen (secondary N) is 1. The van der Waals surface area contributed by atoms with Gasteiger partial charge in [0, 0.05) is 24.3 Å². The predicted molar refractivity (Wildman–Crippen MR) is 98.0 cm³/mol. The van der Waals surface area contributed by atoms with Crippen molar-refractivity contribution in [3.05, 3.63) is 47.9 Å². The van der Waals surface area contributed by atoms with Crippen molar-refractivity contribution in [2.45, 2.75) is 18.6 Å². The van der Waals surface area contributed by atoms with E-state index < -0.39 is 17.8 Å². The maximum Gasteiger partial charge on any atom is 0.433 e. The highest BCUT2D eigenvalue weighted by molar-refractivity contribution is 6.05. The van der Waals surface area contributed by atoms with E-state index in [0.717, 1.165) is 23.9 Å². The number of rotatable bonds is 4. The van der Waals surface area contributed by atoms with Crippen molar-refractivity contribution in [1.82, 2.24) is 14.8 Å². The van der Waals surface area contributed by atoms with Gasteiger partial charge >= 0.3 is 6.18 Å². The SMILES string of the molecule is COc1cc2nn(C3CCOC3)cc2cc1NC(=O)c1cccc(C(F)(F)F)n1. The molecule has 7 nitrogen and oxygen atoms in total. The Morgan fingerprint density at radius 3 is 2.86 bits per heavy atom. The first kappa shape index (κ1) is 19.2. The van der Waals surface area contributed by atoms with Crippen LogP contribution in [0.4, 0.5) is 18.9 Å². The number of ether oxygens (including phenoxy) is 2. The monoisotopic (exact) mass is 406 g/mol. The number of methoxy groups -OCH3 is 1. The number of hydrogen-bond acceptors (Lipinski definition) is 5. The summed E-state index contributed by atoms with van der Waals surface area (Å²) in [5.41, 5.74) is -0.497. The minimum Gasteiger partial charge on any atom is -0.494 e. The molecular formula is C19H17F3N4O3. The first-order chi connectivity index (χ1) is 13.8. The van der Waals surface area contributed by atoms with Crippen LogP contribution in [0.25, 0.3) is 10.9 Å². The minimum absolute atomic E-state index is 0.140. The molecule has 1 fully saturated rings. The number of pyridine rings is 1. The van der Waals surface area contributed by atoms with Crippen LogP contribution in [-0.2, 0) is 10.9 Å². The van der Waals surface area contributed by atoms with Crippen molar-refractivity contribution in [3.8, 4) is 5.75 Å². The highest BCUT2D eigenvalue weighted by atomic mass is 19.4. The van der Waals surface area contributed by atoms with Gasteiger partial charge in [0.2, 0.25) is 0 Å². The number of nitrogens with zero attached hydrogens (tertiary/aromatic N) is 3. The smallest absolute Gasteiger partial charge is 0.433 e. The molecule has 4 rings (SSSR count). The Balaban J connectivity index is 1.63. The van der Waals surface area contributed by atoms with Crippen LogP contribution in [0.5, 0.6) is 5.75 Å². The largest absolute Gasteiger partial charge is 0.494 e. The fourth-order valence-electron chi connectivity index (χ4n) is 3.16. The van der Waals surface area contributed by atoms with Gasteiger partial charge in [-0.05, 0) is 24.6 Å². The summed E-state index contributed by atoms with van der Waals surface area (Å²) in [6.45, 7) is 1.26. The van der Waals surface area contributed by atoms with Gasteiger partial charge in [0.1, 0.15) is 17.1 Å². The van der Waals surface area contributed by atoms with E-state index in [2.05, 4.69) is 15.4 Å². The van der Waals surface area contributed by atoms with Gasteiger partial charge in [0.05, 0.1) is 31.0 Å². The Morgan fingerprint density at radius 1 is 1.34 bits per heavy atom. The summed E-state index contributed by atoms with van der Waals surface area (Å²) in [7, 11) is 1.43. The number of fused-ring (bicyclic) bond motifs is 1. The molecule has 2 aromatic heterocycles. The van der Waals surface area contributed by atoms with E-state index in [0.29, 0.717) is 30.2 Å². The second-order valence-corrected chi connectivity index (χ2v) is 6.60. The molecule has 0 saturated carbocycles. The first-order valence-corrected chi connectivity index (χ1v) is 8.85. The Kier molecular flexibility index (Phi) is 4.87. The molecule has 152 valence electrons. The van der Waals surface area contributed by atoms with E-state index in [9.17, 15) is 18.0 Å². The van der Waals surface area contributed by atoms with Gasteiger partial charge in [0.15, 0.2) is 0 Å². The Hall–Kier alpha value is -3.14. The molecule has 0 aliphatic carbocycles. The number of alkyl halides is 3. The Morgan fingerprint density at radius 2 is 2.17 bits per heavy atom. The zero-order valence-electron chi connectivity index (χ0n) is 15.4. The summed E-state index contributed by atoms with van der Waals surface area (Å²) in [6.07, 6.45) is -1.94. The molecule has 3 heterocycles. The van der Waals surface area contributed by atoms with Crippen LogP contribution < -0.4 is 10.1 Å².